The van der Waals surface area contributed by atoms with Crippen LogP contribution < -0.4 is 0 Å². The first-order chi connectivity index (χ1) is 5.60. The molecule has 0 N–H and O–H groups in total. The number of halogens is 1. The third kappa shape index (κ3) is 10.0. The molecule has 0 aliphatic rings. The van der Waals surface area contributed by atoms with E-state index in [2.05, 4.69) is 25.3 Å². The van der Waals surface area contributed by atoms with E-state index in [0.29, 0.717) is 0 Å². The highest BCUT2D eigenvalue weighted by molar-refractivity contribution is 7.52. The van der Waals surface area contributed by atoms with E-state index in [1.54, 1.807) is 0 Å². The third-order valence-electron chi connectivity index (χ3n) is 1.55. The fourth-order valence-corrected chi connectivity index (χ4v) is 1.89. The minimum Gasteiger partial charge on any atom is -0.305 e. The van der Waals surface area contributed by atoms with Crippen molar-refractivity contribution in [3.8, 4) is 0 Å². The molecule has 0 heterocycles. The van der Waals surface area contributed by atoms with Gasteiger partial charge in [-0.15, -0.1) is 0 Å². The van der Waals surface area contributed by atoms with Crippen LogP contribution in [0.15, 0.2) is 0 Å². The predicted octanol–water partition coefficient (Wildman–Crippen LogP) is 3.87. The van der Waals surface area contributed by atoms with Gasteiger partial charge in [-0.2, -0.15) is 4.20 Å². The maximum atomic E-state index is 12.5. The molecular weight excluding hydrogens is 190 g/mol. The van der Waals surface area contributed by atoms with E-state index < -0.39 is 7.68 Å². The Morgan fingerprint density at radius 2 is 1.92 bits per heavy atom. The Balaban J connectivity index is 3.77. The van der Waals surface area contributed by atoms with Crippen LogP contribution >= 0.6 is 7.68 Å². The molecule has 4 heteroatoms. The van der Waals surface area contributed by atoms with E-state index in [1.165, 1.54) is 0 Å². The van der Waals surface area contributed by atoms with Gasteiger partial charge in [0.15, 0.2) is 0 Å². The van der Waals surface area contributed by atoms with Crippen molar-refractivity contribution >= 4 is 7.68 Å². The first kappa shape index (κ1) is 13.1. The highest BCUT2D eigenvalue weighted by atomic mass is 31.2. The summed E-state index contributed by atoms with van der Waals surface area (Å²) in [4.78, 5) is 0. The Morgan fingerprint density at radius 1 is 1.46 bits per heavy atom. The van der Waals surface area contributed by atoms with E-state index in [1.807, 2.05) is 6.92 Å². The van der Waals surface area contributed by atoms with Crippen LogP contribution in [0.25, 0.3) is 0 Å². The van der Waals surface area contributed by atoms with Crippen LogP contribution in [0.5, 0.6) is 0 Å². The zero-order valence-corrected chi connectivity index (χ0v) is 10.0. The topological polar surface area (TPSA) is 26.3 Å². The normalized spacial score (nSPS) is 19.5. The Labute approximate surface area is 80.4 Å². The molecule has 0 aromatic rings. The van der Waals surface area contributed by atoms with Gasteiger partial charge in [-0.3, -0.25) is 4.57 Å². The van der Waals surface area contributed by atoms with Gasteiger partial charge in [-0.1, -0.05) is 27.7 Å². The van der Waals surface area contributed by atoms with Gasteiger partial charge >= 0.3 is 7.68 Å². The highest BCUT2D eigenvalue weighted by Gasteiger charge is 2.19. The zero-order chi connectivity index (χ0) is 10.7. The molecule has 0 aliphatic carbocycles. The number of hydrogen-bond acceptors (Lipinski definition) is 2. The van der Waals surface area contributed by atoms with Gasteiger partial charge in [0.25, 0.3) is 0 Å². The largest absolute Gasteiger partial charge is 0.364 e. The fraction of sp³-hybridized carbons (Fsp3) is 1.00. The second kappa shape index (κ2) is 4.56. The van der Waals surface area contributed by atoms with Crippen LogP contribution in [0.1, 0.15) is 34.1 Å². The molecule has 0 radical (unpaired) electrons. The Kier molecular flexibility index (Phi) is 4.61. The van der Waals surface area contributed by atoms with Crippen LogP contribution in [0.3, 0.4) is 0 Å². The second-order valence-corrected chi connectivity index (χ2v) is 6.66. The lowest BCUT2D eigenvalue weighted by Gasteiger charge is -2.23. The quantitative estimate of drug-likeness (QED) is 0.658. The highest BCUT2D eigenvalue weighted by Crippen LogP contribution is 2.44. The molecule has 0 rings (SSSR count). The van der Waals surface area contributed by atoms with Gasteiger partial charge in [0.05, 0.1) is 6.61 Å². The van der Waals surface area contributed by atoms with Crippen molar-refractivity contribution in [2.24, 2.45) is 11.3 Å². The molecule has 0 saturated heterocycles. The molecule has 2 atom stereocenters. The first-order valence-electron chi connectivity index (χ1n) is 4.52. The molecule has 0 aromatic carbocycles. The predicted molar refractivity (Wildman–Crippen MR) is 53.8 cm³/mol. The van der Waals surface area contributed by atoms with Crippen molar-refractivity contribution in [3.05, 3.63) is 0 Å². The third-order valence-corrected chi connectivity index (χ3v) is 2.16. The molecule has 0 aromatic heterocycles. The maximum absolute atomic E-state index is 12.5. The van der Waals surface area contributed by atoms with Crippen LogP contribution in [0.2, 0.25) is 0 Å². The summed E-state index contributed by atoms with van der Waals surface area (Å²) >= 11 is 0. The molecule has 0 spiro atoms. The van der Waals surface area contributed by atoms with Crippen molar-refractivity contribution in [3.63, 3.8) is 0 Å². The molecule has 2 unspecified atom stereocenters. The molecule has 2 nitrogen and oxygen atoms in total. The summed E-state index contributed by atoms with van der Waals surface area (Å²) in [5.41, 5.74) is 0.205. The first-order valence-corrected chi connectivity index (χ1v) is 6.48. The molecule has 0 saturated carbocycles. The van der Waals surface area contributed by atoms with Crippen molar-refractivity contribution in [1.29, 1.82) is 0 Å². The van der Waals surface area contributed by atoms with Gasteiger partial charge in [-0.25, -0.2) is 0 Å². The molecule has 0 amide bonds. The summed E-state index contributed by atoms with van der Waals surface area (Å²) in [6.07, 6.45) is 0.937. The monoisotopic (exact) mass is 210 g/mol. The summed E-state index contributed by atoms with van der Waals surface area (Å²) in [7, 11) is -3.79. The van der Waals surface area contributed by atoms with Crippen molar-refractivity contribution in [1.82, 2.24) is 0 Å². The van der Waals surface area contributed by atoms with Crippen LogP contribution in [-0.4, -0.2) is 13.3 Å². The van der Waals surface area contributed by atoms with Crippen LogP contribution in [0.4, 0.5) is 4.20 Å². The lowest BCUT2D eigenvalue weighted by Crippen LogP contribution is -2.14. The summed E-state index contributed by atoms with van der Waals surface area (Å²) < 4.78 is 27.7. The van der Waals surface area contributed by atoms with Gasteiger partial charge in [-0.05, 0) is 17.8 Å². The van der Waals surface area contributed by atoms with E-state index in [-0.39, 0.29) is 17.9 Å². The molecule has 80 valence electrons. The van der Waals surface area contributed by atoms with Gasteiger partial charge in [0.1, 0.15) is 0 Å². The van der Waals surface area contributed by atoms with Crippen LogP contribution in [-0.2, 0) is 9.09 Å². The summed E-state index contributed by atoms with van der Waals surface area (Å²) in [5, 5.41) is 0. The standard InChI is InChI=1S/C9H20FO2P/c1-8(6-9(2,3)4)7-12-13(5,10)11/h8H,6-7H2,1-5H3. The summed E-state index contributed by atoms with van der Waals surface area (Å²) in [6, 6.07) is 0. The average molecular weight is 210 g/mol. The van der Waals surface area contributed by atoms with Gasteiger partial charge in [0.2, 0.25) is 0 Å². The minimum atomic E-state index is -3.79. The number of rotatable bonds is 4. The Hall–Kier alpha value is 0.120. The van der Waals surface area contributed by atoms with E-state index in [9.17, 15) is 8.76 Å². The lowest BCUT2D eigenvalue weighted by atomic mass is 9.86. The fourth-order valence-electron chi connectivity index (χ4n) is 1.36. The maximum Gasteiger partial charge on any atom is 0.364 e. The molecule has 0 fully saturated rings. The van der Waals surface area contributed by atoms with Crippen molar-refractivity contribution in [2.75, 3.05) is 13.3 Å². The second-order valence-electron chi connectivity index (χ2n) is 4.91. The molecule has 13 heavy (non-hydrogen) atoms. The van der Waals surface area contributed by atoms with Crippen molar-refractivity contribution < 1.29 is 13.3 Å². The van der Waals surface area contributed by atoms with E-state index in [0.717, 1.165) is 13.1 Å². The Morgan fingerprint density at radius 3 is 2.23 bits per heavy atom. The van der Waals surface area contributed by atoms with Gasteiger partial charge < -0.3 is 4.52 Å². The van der Waals surface area contributed by atoms with E-state index in [4.69, 9.17) is 0 Å². The van der Waals surface area contributed by atoms with E-state index >= 15 is 0 Å². The minimum absolute atomic E-state index is 0.205. The molecular formula is C9H20FO2P. The van der Waals surface area contributed by atoms with Crippen LogP contribution in [0, 0.1) is 11.3 Å². The SMILES string of the molecule is CC(COP(C)(=O)F)CC(C)(C)C. The number of hydrogen-bond donors (Lipinski definition) is 0. The summed E-state index contributed by atoms with van der Waals surface area (Å²) in [6.45, 7) is 9.55. The van der Waals surface area contributed by atoms with Gasteiger partial charge in [0, 0.05) is 6.66 Å². The summed E-state index contributed by atoms with van der Waals surface area (Å²) in [5.74, 6) is 0.240. The Bertz CT molecular complexity index is 192. The molecule has 0 aliphatic heterocycles. The molecule has 0 bridgehead atoms. The average Bonchev–Trinajstić information content (AvgIpc) is 1.78. The lowest BCUT2D eigenvalue weighted by molar-refractivity contribution is 0.200. The van der Waals surface area contributed by atoms with Crippen molar-refractivity contribution in [2.45, 2.75) is 34.1 Å². The zero-order valence-electron chi connectivity index (χ0n) is 9.13. The smallest absolute Gasteiger partial charge is 0.305 e.